The summed E-state index contributed by atoms with van der Waals surface area (Å²) in [7, 11) is 0. The first-order valence-electron chi connectivity index (χ1n) is 5.03. The molecule has 3 nitrogen and oxygen atoms in total. The molecule has 0 unspecified atom stereocenters. The minimum absolute atomic E-state index is 0.161. The lowest BCUT2D eigenvalue weighted by molar-refractivity contribution is -0.112. The van der Waals surface area contributed by atoms with Gasteiger partial charge in [0, 0.05) is 5.69 Å². The van der Waals surface area contributed by atoms with E-state index in [0.717, 1.165) is 11.4 Å². The highest BCUT2D eigenvalue weighted by atomic mass is 79.9. The summed E-state index contributed by atoms with van der Waals surface area (Å²) in [5.74, 6) is 0.636. The van der Waals surface area contributed by atoms with E-state index < -0.39 is 0 Å². The summed E-state index contributed by atoms with van der Waals surface area (Å²) in [4.78, 5) is 11.5. The quantitative estimate of drug-likeness (QED) is 0.861. The van der Waals surface area contributed by atoms with Crippen molar-refractivity contribution in [2.24, 2.45) is 0 Å². The molecule has 16 heavy (non-hydrogen) atoms. The monoisotopic (exact) mass is 283 g/mol. The van der Waals surface area contributed by atoms with E-state index in [1.54, 1.807) is 25.1 Å². The van der Waals surface area contributed by atoms with Crippen molar-refractivity contribution in [1.29, 1.82) is 0 Å². The predicted octanol–water partition coefficient (Wildman–Crippen LogP) is 3.32. The maximum Gasteiger partial charge on any atom is 0.262 e. The molecule has 0 heterocycles. The van der Waals surface area contributed by atoms with Crippen molar-refractivity contribution in [2.75, 3.05) is 11.9 Å². The lowest BCUT2D eigenvalue weighted by atomic mass is 10.3. The number of hydrogen-bond donors (Lipinski definition) is 1. The van der Waals surface area contributed by atoms with Crippen LogP contribution >= 0.6 is 15.9 Å². The van der Waals surface area contributed by atoms with Gasteiger partial charge in [0.25, 0.3) is 5.91 Å². The number of allylic oxidation sites excluding steroid dienone is 1. The number of carbonyl (C=O) groups is 1. The first-order chi connectivity index (χ1) is 7.67. The predicted molar refractivity (Wildman–Crippen MR) is 68.9 cm³/mol. The second-order valence-electron chi connectivity index (χ2n) is 3.05. The molecule has 1 rings (SSSR count). The molecule has 1 N–H and O–H groups in total. The molecule has 86 valence electrons. The van der Waals surface area contributed by atoms with Gasteiger partial charge in [-0.05, 0) is 54.0 Å². The molecule has 0 spiro atoms. The maximum absolute atomic E-state index is 11.5. The van der Waals surface area contributed by atoms with Crippen LogP contribution < -0.4 is 10.1 Å². The Hall–Kier alpha value is -1.29. The molecule has 1 aromatic carbocycles. The van der Waals surface area contributed by atoms with Crippen LogP contribution in [0.15, 0.2) is 34.8 Å². The van der Waals surface area contributed by atoms with Crippen LogP contribution in [-0.4, -0.2) is 12.5 Å². The SMILES string of the molecule is C/C=C(\Br)C(=O)Nc1ccc(OCC)cc1. The Morgan fingerprint density at radius 1 is 1.44 bits per heavy atom. The molecular weight excluding hydrogens is 270 g/mol. The molecule has 1 aromatic rings. The average molecular weight is 284 g/mol. The van der Waals surface area contributed by atoms with Gasteiger partial charge in [0.1, 0.15) is 5.75 Å². The summed E-state index contributed by atoms with van der Waals surface area (Å²) in [6.45, 7) is 4.36. The van der Waals surface area contributed by atoms with Crippen LogP contribution in [0.5, 0.6) is 5.75 Å². The van der Waals surface area contributed by atoms with Crippen molar-refractivity contribution in [2.45, 2.75) is 13.8 Å². The zero-order chi connectivity index (χ0) is 12.0. The number of amides is 1. The molecule has 4 heteroatoms. The second kappa shape index (κ2) is 6.33. The number of halogens is 1. The second-order valence-corrected chi connectivity index (χ2v) is 3.90. The number of hydrogen-bond acceptors (Lipinski definition) is 2. The highest BCUT2D eigenvalue weighted by molar-refractivity contribution is 9.12. The van der Waals surface area contributed by atoms with E-state index in [2.05, 4.69) is 21.2 Å². The summed E-state index contributed by atoms with van der Waals surface area (Å²) in [6.07, 6.45) is 1.70. The van der Waals surface area contributed by atoms with Gasteiger partial charge in [-0.25, -0.2) is 0 Å². The Morgan fingerprint density at radius 3 is 2.56 bits per heavy atom. The summed E-state index contributed by atoms with van der Waals surface area (Å²) >= 11 is 3.16. The van der Waals surface area contributed by atoms with Crippen molar-refractivity contribution in [1.82, 2.24) is 0 Å². The van der Waals surface area contributed by atoms with Gasteiger partial charge < -0.3 is 10.1 Å². The summed E-state index contributed by atoms with van der Waals surface area (Å²) in [5, 5.41) is 2.75. The van der Waals surface area contributed by atoms with Gasteiger partial charge in [-0.3, -0.25) is 4.79 Å². The molecule has 0 aliphatic carbocycles. The third-order valence-corrected chi connectivity index (χ3v) is 2.71. The highest BCUT2D eigenvalue weighted by Gasteiger charge is 2.04. The van der Waals surface area contributed by atoms with Crippen LogP contribution in [0.2, 0.25) is 0 Å². The Morgan fingerprint density at radius 2 is 2.06 bits per heavy atom. The lowest BCUT2D eigenvalue weighted by Crippen LogP contribution is -2.10. The first-order valence-corrected chi connectivity index (χ1v) is 5.82. The van der Waals surface area contributed by atoms with Crippen LogP contribution in [0.1, 0.15) is 13.8 Å². The van der Waals surface area contributed by atoms with Crippen LogP contribution in [0.3, 0.4) is 0 Å². The van der Waals surface area contributed by atoms with Crippen LogP contribution in [0.25, 0.3) is 0 Å². The Bertz CT molecular complexity index is 385. The number of benzene rings is 1. The summed E-state index contributed by atoms with van der Waals surface area (Å²) in [5.41, 5.74) is 0.743. The number of rotatable bonds is 4. The van der Waals surface area contributed by atoms with Gasteiger partial charge in [-0.2, -0.15) is 0 Å². The highest BCUT2D eigenvalue weighted by Crippen LogP contribution is 2.17. The smallest absolute Gasteiger partial charge is 0.262 e. The number of anilines is 1. The molecule has 0 saturated heterocycles. The van der Waals surface area contributed by atoms with Crippen LogP contribution in [0, 0.1) is 0 Å². The standard InChI is InChI=1S/C12H14BrNO2/c1-3-11(13)12(15)14-9-5-7-10(8-6-9)16-4-2/h3,5-8H,4H2,1-2H3,(H,14,15)/b11-3-. The fraction of sp³-hybridized carbons (Fsp3) is 0.250. The van der Waals surface area contributed by atoms with Gasteiger partial charge in [0.2, 0.25) is 0 Å². The van der Waals surface area contributed by atoms with Crippen molar-refractivity contribution in [3.63, 3.8) is 0 Å². The van der Waals surface area contributed by atoms with E-state index in [0.29, 0.717) is 11.1 Å². The maximum atomic E-state index is 11.5. The molecule has 1 amide bonds. The van der Waals surface area contributed by atoms with Gasteiger partial charge in [-0.1, -0.05) is 6.08 Å². The van der Waals surface area contributed by atoms with Crippen molar-refractivity contribution in [3.05, 3.63) is 34.8 Å². The molecule has 0 radical (unpaired) electrons. The zero-order valence-electron chi connectivity index (χ0n) is 9.29. The Labute approximate surface area is 104 Å². The molecule has 0 saturated carbocycles. The van der Waals surface area contributed by atoms with Crippen molar-refractivity contribution < 1.29 is 9.53 Å². The zero-order valence-corrected chi connectivity index (χ0v) is 10.9. The average Bonchev–Trinajstić information content (AvgIpc) is 2.31. The summed E-state index contributed by atoms with van der Waals surface area (Å²) in [6, 6.07) is 7.25. The number of nitrogens with one attached hydrogen (secondary N) is 1. The Balaban J connectivity index is 2.65. The van der Waals surface area contributed by atoms with Gasteiger partial charge in [0.15, 0.2) is 0 Å². The molecule has 0 fully saturated rings. The number of ether oxygens (including phenoxy) is 1. The Kier molecular flexibility index (Phi) is 5.05. The van der Waals surface area contributed by atoms with Crippen LogP contribution in [0.4, 0.5) is 5.69 Å². The van der Waals surface area contributed by atoms with Crippen molar-refractivity contribution >= 4 is 27.5 Å². The van der Waals surface area contributed by atoms with Crippen molar-refractivity contribution in [3.8, 4) is 5.75 Å². The van der Waals surface area contributed by atoms with E-state index >= 15 is 0 Å². The van der Waals surface area contributed by atoms with Gasteiger partial charge in [-0.15, -0.1) is 0 Å². The number of carbonyl (C=O) groups excluding carboxylic acids is 1. The fourth-order valence-corrected chi connectivity index (χ4v) is 1.22. The molecule has 0 aliphatic heterocycles. The fourth-order valence-electron chi connectivity index (χ4n) is 1.12. The van der Waals surface area contributed by atoms with Gasteiger partial charge in [0.05, 0.1) is 11.1 Å². The normalized spacial score (nSPS) is 11.1. The third-order valence-electron chi connectivity index (χ3n) is 1.89. The molecular formula is C12H14BrNO2. The minimum Gasteiger partial charge on any atom is -0.494 e. The molecule has 0 aromatic heterocycles. The molecule has 0 bridgehead atoms. The van der Waals surface area contributed by atoms with Gasteiger partial charge >= 0.3 is 0 Å². The largest absolute Gasteiger partial charge is 0.494 e. The molecule has 0 atom stereocenters. The topological polar surface area (TPSA) is 38.3 Å². The molecule has 0 aliphatic rings. The third kappa shape index (κ3) is 3.70. The van der Waals surface area contributed by atoms with E-state index in [-0.39, 0.29) is 5.91 Å². The minimum atomic E-state index is -0.161. The van der Waals surface area contributed by atoms with E-state index in [4.69, 9.17) is 4.74 Å². The lowest BCUT2D eigenvalue weighted by Gasteiger charge is -2.06. The van der Waals surface area contributed by atoms with E-state index in [1.165, 1.54) is 0 Å². The van der Waals surface area contributed by atoms with E-state index in [1.807, 2.05) is 19.1 Å². The van der Waals surface area contributed by atoms with Crippen LogP contribution in [-0.2, 0) is 4.79 Å². The van der Waals surface area contributed by atoms with E-state index in [9.17, 15) is 4.79 Å². The first kappa shape index (κ1) is 12.8. The summed E-state index contributed by atoms with van der Waals surface area (Å²) < 4.78 is 5.82.